The maximum atomic E-state index is 13.7. The summed E-state index contributed by atoms with van der Waals surface area (Å²) in [6.07, 6.45) is 1.11. The predicted molar refractivity (Wildman–Crippen MR) is 135 cm³/mol. The fourth-order valence-corrected chi connectivity index (χ4v) is 4.28. The first-order chi connectivity index (χ1) is 16.6. The molecule has 1 aliphatic heterocycles. The summed E-state index contributed by atoms with van der Waals surface area (Å²) >= 11 is 0. The summed E-state index contributed by atoms with van der Waals surface area (Å²) in [7, 11) is 2.04. The van der Waals surface area contributed by atoms with Crippen molar-refractivity contribution in [3.8, 4) is 0 Å². The first kappa shape index (κ1) is 23.8. The van der Waals surface area contributed by atoms with E-state index in [0.717, 1.165) is 16.7 Å². The smallest absolute Gasteiger partial charge is 0.416 e. The van der Waals surface area contributed by atoms with Gasteiger partial charge in [-0.2, -0.15) is 0 Å². The number of rotatable bonds is 10. The molecule has 3 aromatic rings. The van der Waals surface area contributed by atoms with Crippen molar-refractivity contribution in [2.45, 2.75) is 31.9 Å². The molecule has 1 heterocycles. The molecule has 1 aliphatic rings. The van der Waals surface area contributed by atoms with Gasteiger partial charge in [0.05, 0.1) is 12.6 Å². The Morgan fingerprint density at radius 3 is 2.26 bits per heavy atom. The van der Waals surface area contributed by atoms with Gasteiger partial charge in [-0.05, 0) is 36.0 Å². The molecule has 4 rings (SSSR count). The SMILES string of the molecule is Bc1ccc(C[C@@H](CCOCc2ccccc2)C(=O)N2C(=O)OC[C@@H]2Cc2ccccc2)cc1. The Hall–Kier alpha value is -3.38. The Kier molecular flexibility index (Phi) is 8.15. The zero-order valence-corrected chi connectivity index (χ0v) is 19.6. The quantitative estimate of drug-likeness (QED) is 0.348. The third-order valence-corrected chi connectivity index (χ3v) is 6.19. The number of imide groups is 1. The van der Waals surface area contributed by atoms with Gasteiger partial charge in [0.1, 0.15) is 14.5 Å². The number of carbonyl (C=O) groups is 2. The molecule has 0 bridgehead atoms. The largest absolute Gasteiger partial charge is 0.447 e. The van der Waals surface area contributed by atoms with Crippen LogP contribution in [0.25, 0.3) is 0 Å². The van der Waals surface area contributed by atoms with Gasteiger partial charge in [0.25, 0.3) is 0 Å². The van der Waals surface area contributed by atoms with Gasteiger partial charge in [-0.1, -0.05) is 90.4 Å². The molecule has 3 aromatic carbocycles. The zero-order chi connectivity index (χ0) is 23.8. The Labute approximate surface area is 202 Å². The van der Waals surface area contributed by atoms with Crippen LogP contribution in [0.3, 0.4) is 0 Å². The van der Waals surface area contributed by atoms with Crippen molar-refractivity contribution in [1.82, 2.24) is 4.90 Å². The number of cyclic esters (lactones) is 1. The fourth-order valence-electron chi connectivity index (χ4n) is 4.28. The van der Waals surface area contributed by atoms with E-state index in [1.807, 2.05) is 92.8 Å². The molecular weight excluding hydrogens is 425 g/mol. The highest BCUT2D eigenvalue weighted by molar-refractivity contribution is 6.32. The van der Waals surface area contributed by atoms with Crippen LogP contribution in [0, 0.1) is 5.92 Å². The van der Waals surface area contributed by atoms with Crippen molar-refractivity contribution in [3.05, 3.63) is 102 Å². The molecule has 0 N–H and O–H groups in total. The topological polar surface area (TPSA) is 55.8 Å². The predicted octanol–water partition coefficient (Wildman–Crippen LogP) is 3.30. The van der Waals surface area contributed by atoms with Crippen molar-refractivity contribution in [2.24, 2.45) is 5.92 Å². The Balaban J connectivity index is 1.45. The van der Waals surface area contributed by atoms with Crippen LogP contribution in [0.1, 0.15) is 23.1 Å². The van der Waals surface area contributed by atoms with E-state index < -0.39 is 6.09 Å². The van der Waals surface area contributed by atoms with Crippen molar-refractivity contribution in [1.29, 1.82) is 0 Å². The molecule has 6 heteroatoms. The minimum absolute atomic E-state index is 0.188. The van der Waals surface area contributed by atoms with Crippen LogP contribution in [0.4, 0.5) is 4.79 Å². The molecule has 0 aliphatic carbocycles. The number of nitrogens with zero attached hydrogens (tertiary/aromatic N) is 1. The standard InChI is InChI=1S/C28H30BNO4/c29-25-13-11-22(12-14-25)17-24(15-16-33-19-23-9-5-2-6-10-23)27(31)30-26(20-34-28(30)32)18-21-7-3-1-4-8-21/h1-14,24,26H,15-20,29H2/t24-,26+/m1/s1. The molecule has 0 unspecified atom stereocenters. The van der Waals surface area contributed by atoms with E-state index in [4.69, 9.17) is 9.47 Å². The van der Waals surface area contributed by atoms with E-state index in [-0.39, 0.29) is 24.5 Å². The molecule has 1 fully saturated rings. The van der Waals surface area contributed by atoms with Crippen molar-refractivity contribution in [2.75, 3.05) is 13.2 Å². The number of amides is 2. The monoisotopic (exact) mass is 455 g/mol. The van der Waals surface area contributed by atoms with E-state index in [1.54, 1.807) is 0 Å². The number of carbonyl (C=O) groups excluding carboxylic acids is 2. The van der Waals surface area contributed by atoms with E-state index in [0.29, 0.717) is 32.5 Å². The third kappa shape index (κ3) is 6.36. The van der Waals surface area contributed by atoms with Gasteiger partial charge < -0.3 is 9.47 Å². The van der Waals surface area contributed by atoms with Crippen LogP contribution >= 0.6 is 0 Å². The molecular formula is C28H30BNO4. The van der Waals surface area contributed by atoms with Crippen LogP contribution in [-0.4, -0.2) is 44.0 Å². The lowest BCUT2D eigenvalue weighted by Crippen LogP contribution is -2.44. The summed E-state index contributed by atoms with van der Waals surface area (Å²) in [5.41, 5.74) is 4.41. The second-order valence-electron chi connectivity index (χ2n) is 8.84. The maximum absolute atomic E-state index is 13.7. The molecule has 0 saturated carbocycles. The highest BCUT2D eigenvalue weighted by Gasteiger charge is 2.40. The van der Waals surface area contributed by atoms with Crippen molar-refractivity contribution in [3.63, 3.8) is 0 Å². The normalized spacial score (nSPS) is 16.3. The van der Waals surface area contributed by atoms with E-state index in [9.17, 15) is 9.59 Å². The van der Waals surface area contributed by atoms with E-state index >= 15 is 0 Å². The number of benzene rings is 3. The number of ether oxygens (including phenoxy) is 2. The van der Waals surface area contributed by atoms with Gasteiger partial charge in [0, 0.05) is 12.5 Å². The van der Waals surface area contributed by atoms with Crippen molar-refractivity contribution < 1.29 is 19.1 Å². The molecule has 0 spiro atoms. The lowest BCUT2D eigenvalue weighted by atomic mass is 9.90. The second kappa shape index (κ2) is 11.7. The van der Waals surface area contributed by atoms with Gasteiger partial charge in [-0.15, -0.1) is 0 Å². The van der Waals surface area contributed by atoms with Crippen molar-refractivity contribution >= 4 is 25.3 Å². The molecule has 174 valence electrons. The van der Waals surface area contributed by atoms with Gasteiger partial charge >= 0.3 is 6.09 Å². The minimum atomic E-state index is -0.551. The molecule has 0 aromatic heterocycles. The van der Waals surface area contributed by atoms with Gasteiger partial charge in [-0.25, -0.2) is 9.69 Å². The molecule has 5 nitrogen and oxygen atoms in total. The van der Waals surface area contributed by atoms with Gasteiger partial charge in [0.15, 0.2) is 0 Å². The number of hydrogen-bond donors (Lipinski definition) is 0. The zero-order valence-electron chi connectivity index (χ0n) is 19.6. The summed E-state index contributed by atoms with van der Waals surface area (Å²) in [5.74, 6) is -0.560. The van der Waals surface area contributed by atoms with Crippen LogP contribution < -0.4 is 5.46 Å². The highest BCUT2D eigenvalue weighted by Crippen LogP contribution is 2.23. The first-order valence-corrected chi connectivity index (χ1v) is 11.8. The highest BCUT2D eigenvalue weighted by atomic mass is 16.6. The van der Waals surface area contributed by atoms with E-state index in [2.05, 4.69) is 0 Å². The Bertz CT molecular complexity index is 1070. The molecule has 2 atom stereocenters. The molecule has 0 radical (unpaired) electrons. The average molecular weight is 455 g/mol. The summed E-state index contributed by atoms with van der Waals surface area (Å²) in [6.45, 7) is 1.15. The fraction of sp³-hybridized carbons (Fsp3) is 0.286. The van der Waals surface area contributed by atoms with Crippen LogP contribution in [0.15, 0.2) is 84.9 Å². The second-order valence-corrected chi connectivity index (χ2v) is 8.84. The molecule has 34 heavy (non-hydrogen) atoms. The Morgan fingerprint density at radius 1 is 0.941 bits per heavy atom. The van der Waals surface area contributed by atoms with E-state index in [1.165, 1.54) is 10.4 Å². The summed E-state index contributed by atoms with van der Waals surface area (Å²) < 4.78 is 11.2. The van der Waals surface area contributed by atoms with Crippen LogP contribution in [0.2, 0.25) is 0 Å². The molecule has 1 saturated heterocycles. The van der Waals surface area contributed by atoms with Crippen LogP contribution in [0.5, 0.6) is 0 Å². The van der Waals surface area contributed by atoms with Crippen LogP contribution in [-0.2, 0) is 33.7 Å². The first-order valence-electron chi connectivity index (χ1n) is 11.8. The lowest BCUT2D eigenvalue weighted by molar-refractivity contribution is -0.134. The minimum Gasteiger partial charge on any atom is -0.447 e. The summed E-state index contributed by atoms with van der Waals surface area (Å²) in [4.78, 5) is 27.6. The van der Waals surface area contributed by atoms with Gasteiger partial charge in [0.2, 0.25) is 5.91 Å². The van der Waals surface area contributed by atoms with Gasteiger partial charge in [-0.3, -0.25) is 4.79 Å². The summed E-state index contributed by atoms with van der Waals surface area (Å²) in [6, 6.07) is 27.7. The third-order valence-electron chi connectivity index (χ3n) is 6.19. The Morgan fingerprint density at radius 2 is 1.59 bits per heavy atom. The maximum Gasteiger partial charge on any atom is 0.416 e. The summed E-state index contributed by atoms with van der Waals surface area (Å²) in [5, 5.41) is 0. The average Bonchev–Trinajstić information content (AvgIpc) is 3.22. The lowest BCUT2D eigenvalue weighted by Gasteiger charge is -2.25. The number of hydrogen-bond acceptors (Lipinski definition) is 4. The molecule has 2 amide bonds.